The van der Waals surface area contributed by atoms with Crippen LogP contribution in [0.25, 0.3) is 0 Å². The Labute approximate surface area is 103 Å². The van der Waals surface area contributed by atoms with Crippen molar-refractivity contribution in [1.82, 2.24) is 4.90 Å². The topological polar surface area (TPSA) is 20.3 Å². The number of carbonyl (C=O) groups is 1. The molecule has 0 spiro atoms. The van der Waals surface area contributed by atoms with E-state index in [0.29, 0.717) is 6.54 Å². The van der Waals surface area contributed by atoms with Gasteiger partial charge in [-0.1, -0.05) is 49.2 Å². The van der Waals surface area contributed by atoms with Crippen molar-refractivity contribution in [3.8, 4) is 0 Å². The van der Waals surface area contributed by atoms with Gasteiger partial charge < -0.3 is 4.90 Å². The third-order valence-corrected chi connectivity index (χ3v) is 3.74. The van der Waals surface area contributed by atoms with E-state index in [-0.39, 0.29) is 5.54 Å². The zero-order chi connectivity index (χ0) is 12.1. The van der Waals surface area contributed by atoms with E-state index in [9.17, 15) is 4.79 Å². The summed E-state index contributed by atoms with van der Waals surface area (Å²) in [5.41, 5.74) is 1.16. The van der Waals surface area contributed by atoms with Gasteiger partial charge in [0.2, 0.25) is 6.41 Å². The maximum Gasteiger partial charge on any atom is 0.210 e. The van der Waals surface area contributed by atoms with Gasteiger partial charge in [0.1, 0.15) is 0 Å². The highest BCUT2D eigenvalue weighted by atomic mass is 16.1. The molecule has 2 nitrogen and oxygen atoms in total. The van der Waals surface area contributed by atoms with Crippen molar-refractivity contribution in [2.45, 2.75) is 31.2 Å². The molecular weight excluding hydrogens is 210 g/mol. The normalized spacial score (nSPS) is 17.6. The monoisotopic (exact) mass is 229 g/mol. The van der Waals surface area contributed by atoms with Crippen molar-refractivity contribution in [1.29, 1.82) is 0 Å². The minimum Gasteiger partial charge on any atom is -0.332 e. The molecule has 17 heavy (non-hydrogen) atoms. The summed E-state index contributed by atoms with van der Waals surface area (Å²) in [6.07, 6.45) is 7.28. The molecule has 0 bridgehead atoms. The van der Waals surface area contributed by atoms with E-state index in [0.717, 1.165) is 19.3 Å². The van der Waals surface area contributed by atoms with Gasteiger partial charge in [0.25, 0.3) is 0 Å². The molecule has 0 radical (unpaired) electrons. The third-order valence-electron chi connectivity index (χ3n) is 3.74. The first kappa shape index (κ1) is 11.9. The van der Waals surface area contributed by atoms with Crippen molar-refractivity contribution >= 4 is 6.41 Å². The van der Waals surface area contributed by atoms with E-state index in [1.54, 1.807) is 6.08 Å². The number of amides is 1. The van der Waals surface area contributed by atoms with E-state index in [2.05, 4.69) is 18.7 Å². The van der Waals surface area contributed by atoms with Crippen LogP contribution in [0.3, 0.4) is 0 Å². The molecule has 2 heteroatoms. The fraction of sp³-hybridized carbons (Fsp3) is 0.400. The Morgan fingerprint density at radius 1 is 1.24 bits per heavy atom. The van der Waals surface area contributed by atoms with Crippen LogP contribution in [0.5, 0.6) is 0 Å². The molecule has 0 unspecified atom stereocenters. The molecule has 90 valence electrons. The van der Waals surface area contributed by atoms with Crippen LogP contribution in [0.1, 0.15) is 31.2 Å². The molecule has 0 N–H and O–H groups in total. The van der Waals surface area contributed by atoms with Crippen molar-refractivity contribution in [2.24, 2.45) is 0 Å². The lowest BCUT2D eigenvalue weighted by Crippen LogP contribution is -2.43. The fourth-order valence-corrected chi connectivity index (χ4v) is 2.91. The van der Waals surface area contributed by atoms with E-state index >= 15 is 0 Å². The van der Waals surface area contributed by atoms with E-state index in [4.69, 9.17) is 0 Å². The van der Waals surface area contributed by atoms with Gasteiger partial charge in [0, 0.05) is 6.54 Å². The van der Waals surface area contributed by atoms with Crippen LogP contribution in [0, 0.1) is 0 Å². The molecule has 1 fully saturated rings. The lowest BCUT2D eigenvalue weighted by Gasteiger charge is -2.39. The van der Waals surface area contributed by atoms with Gasteiger partial charge >= 0.3 is 0 Å². The molecule has 2 rings (SSSR count). The average molecular weight is 229 g/mol. The summed E-state index contributed by atoms with van der Waals surface area (Å²) in [7, 11) is 0. The van der Waals surface area contributed by atoms with Gasteiger partial charge in [-0.15, -0.1) is 6.58 Å². The Morgan fingerprint density at radius 2 is 1.88 bits per heavy atom. The number of carbonyl (C=O) groups excluding carboxylic acids is 1. The summed E-state index contributed by atoms with van der Waals surface area (Å²) < 4.78 is 0. The summed E-state index contributed by atoms with van der Waals surface area (Å²) in [5, 5.41) is 0. The molecule has 0 atom stereocenters. The van der Waals surface area contributed by atoms with Crippen LogP contribution >= 0.6 is 0 Å². The summed E-state index contributed by atoms with van der Waals surface area (Å²) in [6.45, 7) is 4.37. The Kier molecular flexibility index (Phi) is 3.62. The molecule has 1 aliphatic rings. The van der Waals surface area contributed by atoms with Crippen molar-refractivity contribution in [3.63, 3.8) is 0 Å². The molecule has 0 aliphatic heterocycles. The largest absolute Gasteiger partial charge is 0.332 e. The SMILES string of the molecule is C=CCN(C=O)C1(c2ccccc2)CCCC1. The van der Waals surface area contributed by atoms with E-state index < -0.39 is 0 Å². The smallest absolute Gasteiger partial charge is 0.210 e. The first-order chi connectivity index (χ1) is 8.33. The molecule has 0 heterocycles. The molecular formula is C15H19NO. The van der Waals surface area contributed by atoms with Crippen molar-refractivity contribution < 1.29 is 4.79 Å². The first-order valence-corrected chi connectivity index (χ1v) is 6.22. The number of nitrogens with zero attached hydrogens (tertiary/aromatic N) is 1. The van der Waals surface area contributed by atoms with Crippen LogP contribution in [-0.2, 0) is 10.3 Å². The molecule has 1 aromatic carbocycles. The van der Waals surface area contributed by atoms with Crippen LogP contribution in [0.15, 0.2) is 43.0 Å². The molecule has 1 aromatic rings. The highest BCUT2D eigenvalue weighted by Crippen LogP contribution is 2.43. The zero-order valence-corrected chi connectivity index (χ0v) is 10.1. The molecule has 1 amide bonds. The average Bonchev–Trinajstić information content (AvgIpc) is 2.87. The molecule has 1 aliphatic carbocycles. The lowest BCUT2D eigenvalue weighted by atomic mass is 9.86. The van der Waals surface area contributed by atoms with Crippen LogP contribution in [0.2, 0.25) is 0 Å². The summed E-state index contributed by atoms with van der Waals surface area (Å²) in [6, 6.07) is 10.4. The predicted octanol–water partition coefficient (Wildman–Crippen LogP) is 3.10. The van der Waals surface area contributed by atoms with Crippen molar-refractivity contribution in [2.75, 3.05) is 6.54 Å². The maximum atomic E-state index is 11.3. The second kappa shape index (κ2) is 5.17. The van der Waals surface area contributed by atoms with Gasteiger partial charge in [0.05, 0.1) is 5.54 Å². The minimum atomic E-state index is -0.1000. The number of hydrogen-bond donors (Lipinski definition) is 0. The number of benzene rings is 1. The second-order valence-corrected chi connectivity index (χ2v) is 4.65. The molecule has 0 saturated heterocycles. The Hall–Kier alpha value is -1.57. The van der Waals surface area contributed by atoms with Gasteiger partial charge in [-0.05, 0) is 18.4 Å². The van der Waals surface area contributed by atoms with Gasteiger partial charge in [-0.3, -0.25) is 4.79 Å². The quantitative estimate of drug-likeness (QED) is 0.561. The molecule has 1 saturated carbocycles. The number of rotatable bonds is 5. The highest BCUT2D eigenvalue weighted by Gasteiger charge is 2.39. The maximum absolute atomic E-state index is 11.3. The van der Waals surface area contributed by atoms with Crippen LogP contribution in [-0.4, -0.2) is 17.9 Å². The first-order valence-electron chi connectivity index (χ1n) is 6.22. The van der Waals surface area contributed by atoms with E-state index in [1.807, 2.05) is 23.1 Å². The predicted molar refractivity (Wildman–Crippen MR) is 69.6 cm³/mol. The highest BCUT2D eigenvalue weighted by molar-refractivity contribution is 5.51. The number of hydrogen-bond acceptors (Lipinski definition) is 1. The zero-order valence-electron chi connectivity index (χ0n) is 10.1. The summed E-state index contributed by atoms with van der Waals surface area (Å²) in [4.78, 5) is 13.2. The van der Waals surface area contributed by atoms with Crippen LogP contribution in [0.4, 0.5) is 0 Å². The van der Waals surface area contributed by atoms with Crippen molar-refractivity contribution in [3.05, 3.63) is 48.6 Å². The molecule has 0 aromatic heterocycles. The summed E-state index contributed by atoms with van der Waals surface area (Å²) in [5.74, 6) is 0. The summed E-state index contributed by atoms with van der Waals surface area (Å²) >= 11 is 0. The fourth-order valence-electron chi connectivity index (χ4n) is 2.91. The Morgan fingerprint density at radius 3 is 2.41 bits per heavy atom. The Balaban J connectivity index is 2.38. The lowest BCUT2D eigenvalue weighted by molar-refractivity contribution is -0.123. The van der Waals surface area contributed by atoms with Crippen LogP contribution < -0.4 is 0 Å². The Bertz CT molecular complexity index is 379. The van der Waals surface area contributed by atoms with Gasteiger partial charge in [-0.25, -0.2) is 0 Å². The third kappa shape index (κ3) is 2.12. The van der Waals surface area contributed by atoms with E-state index in [1.165, 1.54) is 18.4 Å². The van der Waals surface area contributed by atoms with Gasteiger partial charge in [0.15, 0.2) is 0 Å². The minimum absolute atomic E-state index is 0.1000. The second-order valence-electron chi connectivity index (χ2n) is 4.65. The van der Waals surface area contributed by atoms with Gasteiger partial charge in [-0.2, -0.15) is 0 Å². The standard InChI is InChI=1S/C15H19NO/c1-2-12-16(13-17)15(10-6-7-11-15)14-8-4-3-5-9-14/h2-5,8-9,13H,1,6-7,10-12H2.